The van der Waals surface area contributed by atoms with E-state index in [9.17, 15) is 9.90 Å². The Labute approximate surface area is 110 Å². The first kappa shape index (κ1) is 17.4. The van der Waals surface area contributed by atoms with Gasteiger partial charge in [-0.15, -0.1) is 0 Å². The molecule has 0 rings (SSSR count). The molecule has 108 valence electrons. The van der Waals surface area contributed by atoms with E-state index >= 15 is 0 Å². The number of aliphatic carboxylic acids is 1. The highest BCUT2D eigenvalue weighted by molar-refractivity contribution is 5.78. The van der Waals surface area contributed by atoms with Gasteiger partial charge in [0, 0.05) is 13.7 Å². The van der Waals surface area contributed by atoms with Crippen LogP contribution in [0.15, 0.2) is 0 Å². The predicted octanol–water partition coefficient (Wildman–Crippen LogP) is 1.19. The van der Waals surface area contributed by atoms with Crippen LogP contribution in [-0.2, 0) is 9.53 Å². The van der Waals surface area contributed by atoms with Gasteiger partial charge in [0.2, 0.25) is 0 Å². The Balaban J connectivity index is 4.00. The second-order valence-corrected chi connectivity index (χ2v) is 4.96. The summed E-state index contributed by atoms with van der Waals surface area (Å²) in [5.74, 6) is -0.768. The van der Waals surface area contributed by atoms with Gasteiger partial charge in [-0.3, -0.25) is 4.79 Å². The molecular weight excluding hydrogens is 232 g/mol. The zero-order chi connectivity index (χ0) is 14.0. The summed E-state index contributed by atoms with van der Waals surface area (Å²) >= 11 is 0. The zero-order valence-corrected chi connectivity index (χ0v) is 12.2. The Bertz CT molecular complexity index is 236. The van der Waals surface area contributed by atoms with Gasteiger partial charge in [0.25, 0.3) is 0 Å². The number of carboxylic acids is 1. The maximum Gasteiger partial charge on any atom is 0.323 e. The minimum Gasteiger partial charge on any atom is -0.480 e. The topological polar surface area (TPSA) is 61.8 Å². The van der Waals surface area contributed by atoms with Crippen LogP contribution in [0, 0.1) is 0 Å². The number of likely N-dealkylation sites (N-methyl/N-ethyl adjacent to an activating group) is 1. The maximum absolute atomic E-state index is 11.3. The van der Waals surface area contributed by atoms with E-state index in [4.69, 9.17) is 4.74 Å². The van der Waals surface area contributed by atoms with E-state index in [1.54, 1.807) is 14.0 Å². The zero-order valence-electron chi connectivity index (χ0n) is 12.2. The largest absolute Gasteiger partial charge is 0.480 e. The van der Waals surface area contributed by atoms with Crippen molar-refractivity contribution in [3.05, 3.63) is 0 Å². The Hall–Kier alpha value is -0.650. The molecule has 0 aliphatic carbocycles. The number of methoxy groups -OCH3 is 1. The minimum atomic E-state index is -0.807. The Morgan fingerprint density at radius 1 is 1.44 bits per heavy atom. The van der Waals surface area contributed by atoms with Crippen LogP contribution in [0.25, 0.3) is 0 Å². The number of hydrogen-bond acceptors (Lipinski definition) is 4. The summed E-state index contributed by atoms with van der Waals surface area (Å²) in [5.41, 5.74) is -0.807. The Kier molecular flexibility index (Phi) is 8.97. The molecule has 0 aromatic heterocycles. The molecule has 0 radical (unpaired) electrons. The molecule has 0 aromatic rings. The summed E-state index contributed by atoms with van der Waals surface area (Å²) in [6.07, 6.45) is 2.44. The summed E-state index contributed by atoms with van der Waals surface area (Å²) in [4.78, 5) is 13.4. The third kappa shape index (κ3) is 6.93. The predicted molar refractivity (Wildman–Crippen MR) is 72.9 cm³/mol. The van der Waals surface area contributed by atoms with Crippen LogP contribution in [0.4, 0.5) is 0 Å². The van der Waals surface area contributed by atoms with Gasteiger partial charge in [-0.1, -0.05) is 6.92 Å². The van der Waals surface area contributed by atoms with Gasteiger partial charge in [-0.2, -0.15) is 0 Å². The number of nitrogens with zero attached hydrogens (tertiary/aromatic N) is 1. The van der Waals surface area contributed by atoms with Gasteiger partial charge < -0.3 is 20.1 Å². The van der Waals surface area contributed by atoms with E-state index in [0.717, 1.165) is 32.5 Å². The number of ether oxygens (including phenoxy) is 1. The van der Waals surface area contributed by atoms with Gasteiger partial charge in [-0.25, -0.2) is 0 Å². The summed E-state index contributed by atoms with van der Waals surface area (Å²) in [5, 5.41) is 12.4. The Morgan fingerprint density at radius 3 is 2.61 bits per heavy atom. The molecule has 0 fully saturated rings. The van der Waals surface area contributed by atoms with Crippen molar-refractivity contribution in [3.8, 4) is 0 Å². The lowest BCUT2D eigenvalue weighted by Gasteiger charge is -2.27. The molecule has 0 heterocycles. The average Bonchev–Trinajstić information content (AvgIpc) is 2.33. The number of nitrogens with one attached hydrogen (secondary N) is 1. The molecule has 18 heavy (non-hydrogen) atoms. The molecule has 1 unspecified atom stereocenters. The minimum absolute atomic E-state index is 0.639. The van der Waals surface area contributed by atoms with Gasteiger partial charge in [-0.05, 0) is 46.3 Å². The van der Waals surface area contributed by atoms with E-state index in [-0.39, 0.29) is 0 Å². The van der Waals surface area contributed by atoms with Crippen molar-refractivity contribution >= 4 is 5.97 Å². The van der Waals surface area contributed by atoms with Crippen LogP contribution in [0.5, 0.6) is 0 Å². The lowest BCUT2D eigenvalue weighted by molar-refractivity contribution is -0.144. The summed E-state index contributed by atoms with van der Waals surface area (Å²) < 4.78 is 5.00. The fraction of sp³-hybridized carbons (Fsp3) is 0.923. The number of hydrogen-bond donors (Lipinski definition) is 2. The van der Waals surface area contributed by atoms with Crippen LogP contribution in [0.3, 0.4) is 0 Å². The second kappa shape index (κ2) is 9.30. The highest BCUT2D eigenvalue weighted by Crippen LogP contribution is 2.13. The van der Waals surface area contributed by atoms with Crippen LogP contribution in [0.2, 0.25) is 0 Å². The lowest BCUT2D eigenvalue weighted by Crippen LogP contribution is -2.50. The van der Waals surface area contributed by atoms with Gasteiger partial charge in [0.1, 0.15) is 5.54 Å². The van der Waals surface area contributed by atoms with Gasteiger partial charge >= 0.3 is 5.97 Å². The normalized spacial score (nSPS) is 14.7. The van der Waals surface area contributed by atoms with Crippen molar-refractivity contribution in [3.63, 3.8) is 0 Å². The molecular formula is C13H28N2O3. The standard InChI is InChI=1S/C13H28N2O3/c1-5-8-14-13(2,12(16)17)7-6-9-15(3)10-11-18-4/h14H,5-11H2,1-4H3,(H,16,17). The van der Waals surface area contributed by atoms with E-state index < -0.39 is 11.5 Å². The van der Waals surface area contributed by atoms with E-state index in [2.05, 4.69) is 10.2 Å². The number of carbonyl (C=O) groups is 1. The highest BCUT2D eigenvalue weighted by atomic mass is 16.5. The smallest absolute Gasteiger partial charge is 0.323 e. The first-order valence-corrected chi connectivity index (χ1v) is 6.62. The van der Waals surface area contributed by atoms with Crippen molar-refractivity contribution in [2.24, 2.45) is 0 Å². The Morgan fingerprint density at radius 2 is 2.11 bits per heavy atom. The van der Waals surface area contributed by atoms with Crippen molar-refractivity contribution in [1.82, 2.24) is 10.2 Å². The summed E-state index contributed by atoms with van der Waals surface area (Å²) in [7, 11) is 3.71. The molecule has 0 aliphatic rings. The third-order valence-corrected chi connectivity index (χ3v) is 3.13. The van der Waals surface area contributed by atoms with Crippen LogP contribution in [-0.4, -0.2) is 61.9 Å². The summed E-state index contributed by atoms with van der Waals surface area (Å²) in [6.45, 7) is 7.01. The van der Waals surface area contributed by atoms with E-state index in [1.165, 1.54) is 0 Å². The fourth-order valence-corrected chi connectivity index (χ4v) is 1.73. The van der Waals surface area contributed by atoms with Crippen molar-refractivity contribution in [2.45, 2.75) is 38.6 Å². The molecule has 0 aromatic carbocycles. The quantitative estimate of drug-likeness (QED) is 0.584. The molecule has 5 nitrogen and oxygen atoms in total. The van der Waals surface area contributed by atoms with Crippen molar-refractivity contribution in [2.75, 3.05) is 40.4 Å². The molecule has 0 spiro atoms. The molecule has 2 N–H and O–H groups in total. The fourth-order valence-electron chi connectivity index (χ4n) is 1.73. The molecule has 0 saturated heterocycles. The third-order valence-electron chi connectivity index (χ3n) is 3.13. The monoisotopic (exact) mass is 260 g/mol. The summed E-state index contributed by atoms with van der Waals surface area (Å²) in [6, 6.07) is 0. The number of rotatable bonds is 11. The molecule has 0 saturated carbocycles. The SMILES string of the molecule is CCCNC(C)(CCCN(C)CCOC)C(=O)O. The first-order chi connectivity index (χ1) is 8.46. The van der Waals surface area contributed by atoms with Gasteiger partial charge in [0.15, 0.2) is 0 Å². The maximum atomic E-state index is 11.3. The van der Waals surface area contributed by atoms with Crippen molar-refractivity contribution < 1.29 is 14.6 Å². The molecule has 0 bridgehead atoms. The molecule has 0 aliphatic heterocycles. The van der Waals surface area contributed by atoms with Crippen LogP contribution in [0.1, 0.15) is 33.1 Å². The lowest BCUT2D eigenvalue weighted by atomic mass is 9.95. The van der Waals surface area contributed by atoms with Gasteiger partial charge in [0.05, 0.1) is 6.61 Å². The first-order valence-electron chi connectivity index (χ1n) is 6.62. The number of carboxylic acid groups (broad SMARTS) is 1. The molecule has 5 heteroatoms. The average molecular weight is 260 g/mol. The van der Waals surface area contributed by atoms with Crippen LogP contribution >= 0.6 is 0 Å². The van der Waals surface area contributed by atoms with E-state index in [0.29, 0.717) is 13.0 Å². The van der Waals surface area contributed by atoms with Crippen LogP contribution < -0.4 is 5.32 Å². The highest BCUT2D eigenvalue weighted by Gasteiger charge is 2.31. The molecule has 1 atom stereocenters. The molecule has 0 amide bonds. The van der Waals surface area contributed by atoms with E-state index in [1.807, 2.05) is 14.0 Å². The second-order valence-electron chi connectivity index (χ2n) is 4.96. The van der Waals surface area contributed by atoms with Crippen molar-refractivity contribution in [1.29, 1.82) is 0 Å².